The first kappa shape index (κ1) is 17.2. The molecule has 0 spiro atoms. The molecule has 1 amide bonds. The van der Waals surface area contributed by atoms with Crippen molar-refractivity contribution in [2.75, 3.05) is 26.7 Å². The molecule has 2 unspecified atom stereocenters. The minimum absolute atomic E-state index is 0.329. The van der Waals surface area contributed by atoms with E-state index in [-0.39, 0.29) is 6.09 Å². The molecule has 0 aromatic heterocycles. The molecule has 5 nitrogen and oxygen atoms in total. The highest BCUT2D eigenvalue weighted by Gasteiger charge is 2.24. The molecule has 0 aliphatic carbocycles. The number of hydrogen-bond donors (Lipinski definition) is 2. The van der Waals surface area contributed by atoms with Crippen molar-refractivity contribution in [1.29, 1.82) is 0 Å². The van der Waals surface area contributed by atoms with Crippen LogP contribution in [-0.2, 0) is 4.74 Å². The standard InChI is InChI=1S/C15H31N3O2/c1-6-9-18(5)13-8-7-12(16-11-13)10-17-14(19)20-15(2,3)4/h12-13,16H,6-11H2,1-5H3,(H,17,19). The van der Waals surface area contributed by atoms with Crippen molar-refractivity contribution in [2.45, 2.75) is 64.6 Å². The molecular formula is C15H31N3O2. The highest BCUT2D eigenvalue weighted by Crippen LogP contribution is 2.13. The third-order valence-electron chi connectivity index (χ3n) is 3.58. The number of rotatable bonds is 5. The summed E-state index contributed by atoms with van der Waals surface area (Å²) in [7, 11) is 2.19. The van der Waals surface area contributed by atoms with Crippen molar-refractivity contribution in [1.82, 2.24) is 15.5 Å². The summed E-state index contributed by atoms with van der Waals surface area (Å²) in [6.07, 6.45) is 3.14. The lowest BCUT2D eigenvalue weighted by molar-refractivity contribution is 0.0518. The average Bonchev–Trinajstić information content (AvgIpc) is 2.35. The van der Waals surface area contributed by atoms with Gasteiger partial charge in [-0.25, -0.2) is 4.79 Å². The monoisotopic (exact) mass is 285 g/mol. The third kappa shape index (κ3) is 6.57. The van der Waals surface area contributed by atoms with E-state index in [2.05, 4.69) is 29.5 Å². The fourth-order valence-electron chi connectivity index (χ4n) is 2.51. The van der Waals surface area contributed by atoms with E-state index in [0.717, 1.165) is 19.5 Å². The fourth-order valence-corrected chi connectivity index (χ4v) is 2.51. The maximum absolute atomic E-state index is 11.6. The van der Waals surface area contributed by atoms with Crippen LogP contribution in [-0.4, -0.2) is 55.4 Å². The Labute approximate surface area is 123 Å². The Kier molecular flexibility index (Phi) is 6.76. The summed E-state index contributed by atoms with van der Waals surface area (Å²) in [6, 6.07) is 0.974. The van der Waals surface area contributed by atoms with Gasteiger partial charge in [-0.1, -0.05) is 6.92 Å². The van der Waals surface area contributed by atoms with Gasteiger partial charge in [0.1, 0.15) is 5.60 Å². The molecule has 0 aromatic carbocycles. The number of amides is 1. The van der Waals surface area contributed by atoms with E-state index < -0.39 is 5.60 Å². The van der Waals surface area contributed by atoms with Crippen LogP contribution in [0.25, 0.3) is 0 Å². The third-order valence-corrected chi connectivity index (χ3v) is 3.58. The normalized spacial score (nSPS) is 23.7. The minimum atomic E-state index is -0.433. The van der Waals surface area contributed by atoms with E-state index in [1.807, 2.05) is 20.8 Å². The van der Waals surface area contributed by atoms with Crippen molar-refractivity contribution in [3.05, 3.63) is 0 Å². The summed E-state index contributed by atoms with van der Waals surface area (Å²) in [5.74, 6) is 0. The van der Waals surface area contributed by atoms with Gasteiger partial charge in [-0.2, -0.15) is 0 Å². The van der Waals surface area contributed by atoms with E-state index in [1.54, 1.807) is 0 Å². The van der Waals surface area contributed by atoms with Crippen molar-refractivity contribution in [2.24, 2.45) is 0 Å². The lowest BCUT2D eigenvalue weighted by Crippen LogP contribution is -2.52. The quantitative estimate of drug-likeness (QED) is 0.811. The molecule has 0 saturated carbocycles. The van der Waals surface area contributed by atoms with Crippen molar-refractivity contribution >= 4 is 6.09 Å². The zero-order valence-corrected chi connectivity index (χ0v) is 13.7. The number of likely N-dealkylation sites (N-methyl/N-ethyl adjacent to an activating group) is 1. The van der Waals surface area contributed by atoms with Gasteiger partial charge in [0.2, 0.25) is 0 Å². The number of carbonyl (C=O) groups excluding carboxylic acids is 1. The van der Waals surface area contributed by atoms with E-state index in [0.29, 0.717) is 18.6 Å². The Hall–Kier alpha value is -0.810. The molecule has 1 aliphatic heterocycles. The van der Waals surface area contributed by atoms with Gasteiger partial charge in [-0.3, -0.25) is 0 Å². The van der Waals surface area contributed by atoms with Crippen molar-refractivity contribution in [3.8, 4) is 0 Å². The van der Waals surface area contributed by atoms with E-state index in [1.165, 1.54) is 12.8 Å². The maximum atomic E-state index is 11.6. The Morgan fingerprint density at radius 1 is 1.40 bits per heavy atom. The molecule has 0 radical (unpaired) electrons. The zero-order chi connectivity index (χ0) is 15.2. The van der Waals surface area contributed by atoms with Gasteiger partial charge in [0.25, 0.3) is 0 Å². The number of nitrogens with one attached hydrogen (secondary N) is 2. The summed E-state index contributed by atoms with van der Waals surface area (Å²) < 4.78 is 5.23. The molecule has 1 aliphatic rings. The Morgan fingerprint density at radius 2 is 2.10 bits per heavy atom. The second-order valence-electron chi connectivity index (χ2n) is 6.70. The molecule has 1 heterocycles. The molecule has 0 bridgehead atoms. The van der Waals surface area contributed by atoms with Crippen LogP contribution in [0.3, 0.4) is 0 Å². The molecule has 1 rings (SSSR count). The Morgan fingerprint density at radius 3 is 2.60 bits per heavy atom. The summed E-state index contributed by atoms with van der Waals surface area (Å²) in [6.45, 7) is 10.6. The van der Waals surface area contributed by atoms with Crippen LogP contribution in [0.5, 0.6) is 0 Å². The number of alkyl carbamates (subject to hydrolysis) is 1. The molecule has 1 fully saturated rings. The highest BCUT2D eigenvalue weighted by atomic mass is 16.6. The van der Waals surface area contributed by atoms with E-state index >= 15 is 0 Å². The Balaban J connectivity index is 2.21. The first-order valence-corrected chi connectivity index (χ1v) is 7.72. The summed E-state index contributed by atoms with van der Waals surface area (Å²) in [4.78, 5) is 14.0. The van der Waals surface area contributed by atoms with Crippen LogP contribution in [0.15, 0.2) is 0 Å². The molecule has 20 heavy (non-hydrogen) atoms. The molecule has 2 atom stereocenters. The minimum Gasteiger partial charge on any atom is -0.444 e. The molecule has 1 saturated heterocycles. The maximum Gasteiger partial charge on any atom is 0.407 e. The van der Waals surface area contributed by atoms with Gasteiger partial charge in [-0.05, 0) is 53.6 Å². The smallest absolute Gasteiger partial charge is 0.407 e. The van der Waals surface area contributed by atoms with Crippen LogP contribution in [0, 0.1) is 0 Å². The van der Waals surface area contributed by atoms with Gasteiger partial charge in [0.15, 0.2) is 0 Å². The van der Waals surface area contributed by atoms with E-state index in [9.17, 15) is 4.79 Å². The number of hydrogen-bond acceptors (Lipinski definition) is 4. The average molecular weight is 285 g/mol. The lowest BCUT2D eigenvalue weighted by Gasteiger charge is -2.35. The largest absolute Gasteiger partial charge is 0.444 e. The van der Waals surface area contributed by atoms with Crippen LogP contribution in [0.4, 0.5) is 4.79 Å². The van der Waals surface area contributed by atoms with Gasteiger partial charge in [0.05, 0.1) is 0 Å². The predicted octanol–water partition coefficient (Wildman–Crippen LogP) is 1.97. The fraction of sp³-hybridized carbons (Fsp3) is 0.933. The number of nitrogens with zero attached hydrogens (tertiary/aromatic N) is 1. The van der Waals surface area contributed by atoms with Gasteiger partial charge < -0.3 is 20.3 Å². The number of ether oxygens (including phenoxy) is 1. The summed E-state index contributed by atoms with van der Waals surface area (Å²) in [5.41, 5.74) is -0.433. The lowest BCUT2D eigenvalue weighted by atomic mass is 9.99. The summed E-state index contributed by atoms with van der Waals surface area (Å²) >= 11 is 0. The molecule has 5 heteroatoms. The SMILES string of the molecule is CCCN(C)C1CCC(CNC(=O)OC(C)(C)C)NC1. The second kappa shape index (κ2) is 7.84. The zero-order valence-electron chi connectivity index (χ0n) is 13.7. The number of carbonyl (C=O) groups is 1. The highest BCUT2D eigenvalue weighted by molar-refractivity contribution is 5.67. The van der Waals surface area contributed by atoms with Crippen molar-refractivity contribution in [3.63, 3.8) is 0 Å². The van der Waals surface area contributed by atoms with Gasteiger partial charge in [0, 0.05) is 25.2 Å². The second-order valence-corrected chi connectivity index (χ2v) is 6.70. The molecular weight excluding hydrogens is 254 g/mol. The first-order chi connectivity index (χ1) is 9.31. The summed E-state index contributed by atoms with van der Waals surface area (Å²) in [5, 5.41) is 6.36. The predicted molar refractivity (Wildman–Crippen MR) is 82.0 cm³/mol. The van der Waals surface area contributed by atoms with Crippen LogP contribution >= 0.6 is 0 Å². The molecule has 2 N–H and O–H groups in total. The Bertz CT molecular complexity index is 294. The van der Waals surface area contributed by atoms with Crippen LogP contribution in [0.2, 0.25) is 0 Å². The van der Waals surface area contributed by atoms with Crippen LogP contribution in [0.1, 0.15) is 47.0 Å². The van der Waals surface area contributed by atoms with Crippen LogP contribution < -0.4 is 10.6 Å². The number of piperidine rings is 1. The first-order valence-electron chi connectivity index (χ1n) is 7.72. The van der Waals surface area contributed by atoms with Gasteiger partial charge in [-0.15, -0.1) is 0 Å². The van der Waals surface area contributed by atoms with E-state index in [4.69, 9.17) is 4.74 Å². The van der Waals surface area contributed by atoms with Gasteiger partial charge >= 0.3 is 6.09 Å². The van der Waals surface area contributed by atoms with Crippen molar-refractivity contribution < 1.29 is 9.53 Å². The molecule has 118 valence electrons. The molecule has 0 aromatic rings. The topological polar surface area (TPSA) is 53.6 Å².